The van der Waals surface area contributed by atoms with Crippen LogP contribution in [-0.2, 0) is 19.0 Å². The number of nitrogens with zero attached hydrogens (tertiary/aromatic N) is 1. The lowest BCUT2D eigenvalue weighted by Crippen LogP contribution is -2.85. The second-order valence-electron chi connectivity index (χ2n) is 15.8. The number of allylic oxidation sites excluding steroid dienone is 1. The lowest BCUT2D eigenvalue weighted by Gasteiger charge is -2.68. The number of fused-ring (bicyclic) bond motifs is 5. The molecule has 0 aromatic rings. The van der Waals surface area contributed by atoms with E-state index in [1.54, 1.807) is 34.0 Å². The van der Waals surface area contributed by atoms with Crippen molar-refractivity contribution < 1.29 is 44.5 Å². The molecule has 4 saturated carbocycles. The molecule has 0 aromatic carbocycles. The van der Waals surface area contributed by atoms with Gasteiger partial charge in [0.1, 0.15) is 22.4 Å². The molecule has 10 heteroatoms. The Kier molecular flexibility index (Phi) is 6.41. The summed E-state index contributed by atoms with van der Waals surface area (Å²) in [6.45, 7) is 10.4. The van der Waals surface area contributed by atoms with Crippen molar-refractivity contribution in [3.8, 4) is 0 Å². The van der Waals surface area contributed by atoms with Gasteiger partial charge in [-0.05, 0) is 65.2 Å². The molecule has 10 nitrogen and oxygen atoms in total. The van der Waals surface area contributed by atoms with Gasteiger partial charge in [-0.1, -0.05) is 19.9 Å². The zero-order valence-electron chi connectivity index (χ0n) is 26.5. The third kappa shape index (κ3) is 3.25. The van der Waals surface area contributed by atoms with E-state index >= 15 is 0 Å². The van der Waals surface area contributed by atoms with Crippen molar-refractivity contribution in [3.63, 3.8) is 0 Å². The van der Waals surface area contributed by atoms with E-state index in [4.69, 9.17) is 14.2 Å². The van der Waals surface area contributed by atoms with E-state index in [-0.39, 0.29) is 24.8 Å². The lowest BCUT2D eigenvalue weighted by molar-refractivity contribution is -0.357. The molecule has 4 bridgehead atoms. The Morgan fingerprint density at radius 1 is 1.00 bits per heavy atom. The quantitative estimate of drug-likeness (QED) is 0.238. The molecule has 7 fully saturated rings. The van der Waals surface area contributed by atoms with Crippen molar-refractivity contribution in [2.24, 2.45) is 29.1 Å². The van der Waals surface area contributed by atoms with Crippen molar-refractivity contribution in [1.29, 1.82) is 0 Å². The van der Waals surface area contributed by atoms with E-state index in [0.29, 0.717) is 50.1 Å². The van der Waals surface area contributed by atoms with Crippen LogP contribution in [-0.4, -0.2) is 109 Å². The molecular weight excluding hydrogens is 554 g/mol. The minimum atomic E-state index is -1.98. The van der Waals surface area contributed by atoms with Crippen molar-refractivity contribution in [3.05, 3.63) is 11.6 Å². The smallest absolute Gasteiger partial charge is 0.333 e. The molecule has 7 aliphatic rings. The highest BCUT2D eigenvalue weighted by atomic mass is 16.7. The van der Waals surface area contributed by atoms with Gasteiger partial charge < -0.3 is 39.7 Å². The maximum absolute atomic E-state index is 13.2. The summed E-state index contributed by atoms with van der Waals surface area (Å²) in [5.74, 6) is -3.51. The number of hydrogen-bond acceptors (Lipinski definition) is 10. The number of piperidine rings is 2. The minimum Gasteiger partial charge on any atom is -0.453 e. The molecule has 43 heavy (non-hydrogen) atoms. The van der Waals surface area contributed by atoms with E-state index in [1.165, 1.54) is 0 Å². The average molecular weight is 606 g/mol. The Morgan fingerprint density at radius 3 is 2.37 bits per heavy atom. The lowest BCUT2D eigenvalue weighted by atomic mass is 9.48. The third-order valence-corrected chi connectivity index (χ3v) is 14.4. The molecule has 4 aliphatic carbocycles. The molecule has 0 radical (unpaired) electrons. The number of ether oxygens (including phenoxy) is 3. The summed E-state index contributed by atoms with van der Waals surface area (Å²) in [7, 11) is 1.56. The molecule has 0 amide bonds. The number of carbonyl (C=O) groups excluding carboxylic acids is 1. The van der Waals surface area contributed by atoms with Crippen LogP contribution in [0, 0.1) is 29.1 Å². The van der Waals surface area contributed by atoms with Crippen molar-refractivity contribution in [1.82, 2.24) is 4.90 Å². The second-order valence-corrected chi connectivity index (χ2v) is 15.8. The molecule has 242 valence electrons. The van der Waals surface area contributed by atoms with E-state index in [2.05, 4.69) is 18.7 Å². The van der Waals surface area contributed by atoms with Crippen LogP contribution in [0.3, 0.4) is 0 Å². The van der Waals surface area contributed by atoms with Crippen LogP contribution in [0.15, 0.2) is 11.6 Å². The van der Waals surface area contributed by atoms with Crippen LogP contribution in [0.5, 0.6) is 0 Å². The first-order chi connectivity index (χ1) is 20.0. The summed E-state index contributed by atoms with van der Waals surface area (Å²) in [5.41, 5.74) is -7.82. The summed E-state index contributed by atoms with van der Waals surface area (Å²) in [6, 6.07) is -0.347. The summed E-state index contributed by atoms with van der Waals surface area (Å²) in [6.07, 6.45) is 3.25. The molecule has 3 heterocycles. The van der Waals surface area contributed by atoms with E-state index < -0.39 is 69.2 Å². The molecule has 0 aromatic heterocycles. The van der Waals surface area contributed by atoms with Gasteiger partial charge in [0, 0.05) is 67.8 Å². The Morgan fingerprint density at radius 2 is 1.70 bits per heavy atom. The molecule has 7 rings (SSSR count). The van der Waals surface area contributed by atoms with Gasteiger partial charge in [-0.2, -0.15) is 0 Å². The van der Waals surface area contributed by atoms with Gasteiger partial charge in [0.05, 0.1) is 11.7 Å². The molecule has 0 unspecified atom stereocenters. The van der Waals surface area contributed by atoms with Gasteiger partial charge >= 0.3 is 5.97 Å². The first-order valence-electron chi connectivity index (χ1n) is 16.4. The standard InChI is InChI=1S/C33H51NO9/c1-7-19(3)26(36)42-25-12-13-27(4)20-9-10-21-30(41-6)14-24(35)32(39)22(29(30,38)17-31(21,27)43-33(20,25)40)16-34-15-18(2)8-11-23(34)28(32,5)37/h7,18,20-25,35,37-40H,8-17H2,1-6H3/b19-7+/t18-,20-,21+,22-,23-,24-,25-,27-,28+,29+,30+,31+,32-,33-/m0/s1. The number of carbonyl (C=O) groups is 1. The number of aliphatic hydroxyl groups is 5. The predicted octanol–water partition coefficient (Wildman–Crippen LogP) is 1.65. The van der Waals surface area contributed by atoms with Crippen LogP contribution in [0.2, 0.25) is 0 Å². The van der Waals surface area contributed by atoms with Gasteiger partial charge in [-0.3, -0.25) is 4.90 Å². The Hall–Kier alpha value is -1.11. The fourth-order valence-electron chi connectivity index (χ4n) is 12.2. The van der Waals surface area contributed by atoms with Crippen LogP contribution in [0.25, 0.3) is 0 Å². The van der Waals surface area contributed by atoms with Gasteiger partial charge in [0.2, 0.25) is 5.79 Å². The molecule has 3 aliphatic heterocycles. The Balaban J connectivity index is 1.34. The number of hydrogen-bond donors (Lipinski definition) is 5. The Bertz CT molecular complexity index is 1240. The minimum absolute atomic E-state index is 0.0693. The number of rotatable bonds is 3. The monoisotopic (exact) mass is 605 g/mol. The maximum Gasteiger partial charge on any atom is 0.333 e. The predicted molar refractivity (Wildman–Crippen MR) is 154 cm³/mol. The van der Waals surface area contributed by atoms with E-state index in [0.717, 1.165) is 13.0 Å². The molecule has 1 spiro atoms. The maximum atomic E-state index is 13.2. The fourth-order valence-corrected chi connectivity index (χ4v) is 12.2. The van der Waals surface area contributed by atoms with Crippen LogP contribution in [0.4, 0.5) is 0 Å². The van der Waals surface area contributed by atoms with E-state index in [9.17, 15) is 30.3 Å². The van der Waals surface area contributed by atoms with Crippen LogP contribution in [0.1, 0.15) is 86.0 Å². The zero-order valence-corrected chi connectivity index (χ0v) is 26.5. The van der Waals surface area contributed by atoms with Crippen molar-refractivity contribution in [2.45, 2.75) is 138 Å². The summed E-state index contributed by atoms with van der Waals surface area (Å²) >= 11 is 0. The Labute approximate surface area is 254 Å². The highest BCUT2D eigenvalue weighted by Crippen LogP contribution is 2.78. The topological polar surface area (TPSA) is 149 Å². The normalized spacial score (nSPS) is 59.1. The molecule has 3 saturated heterocycles. The van der Waals surface area contributed by atoms with Crippen molar-refractivity contribution >= 4 is 5.97 Å². The van der Waals surface area contributed by atoms with Crippen molar-refractivity contribution in [2.75, 3.05) is 20.2 Å². The summed E-state index contributed by atoms with van der Waals surface area (Å²) in [5, 5.41) is 62.2. The number of esters is 1. The summed E-state index contributed by atoms with van der Waals surface area (Å²) in [4.78, 5) is 15.0. The largest absolute Gasteiger partial charge is 0.453 e. The SMILES string of the molecule is C/C=C(\C)C(=O)O[C@H]1CC[C@@]2(C)[C@@H]3CC[C@H]4[C@@]2(C[C@@]2(O)[C@@H]5CN6C[C@@H](C)CC[C@H]6[C@@](C)(O)[C@@]5(O)[C@@H](O)C[C@@]42OC)O[C@]13O. The van der Waals surface area contributed by atoms with Crippen LogP contribution < -0.4 is 0 Å². The van der Waals surface area contributed by atoms with E-state index in [1.807, 2.05) is 0 Å². The zero-order chi connectivity index (χ0) is 31.2. The summed E-state index contributed by atoms with van der Waals surface area (Å²) < 4.78 is 19.2. The highest BCUT2D eigenvalue weighted by Gasteiger charge is 2.89. The highest BCUT2D eigenvalue weighted by molar-refractivity contribution is 5.87. The average Bonchev–Trinajstić information content (AvgIpc) is 3.15. The number of aliphatic hydroxyl groups excluding tert-OH is 1. The first kappa shape index (κ1) is 30.5. The van der Waals surface area contributed by atoms with Gasteiger partial charge in [0.15, 0.2) is 6.10 Å². The number of methoxy groups -OCH3 is 1. The van der Waals surface area contributed by atoms with Crippen LogP contribution >= 0.6 is 0 Å². The third-order valence-electron chi connectivity index (χ3n) is 14.4. The molecule has 5 N–H and O–H groups in total. The van der Waals surface area contributed by atoms with Gasteiger partial charge in [-0.25, -0.2) is 4.79 Å². The fraction of sp³-hybridized carbons (Fsp3) is 0.909. The first-order valence-corrected chi connectivity index (χ1v) is 16.4. The molecular formula is C33H51NO9. The second kappa shape index (κ2) is 9.03. The van der Waals surface area contributed by atoms with Gasteiger partial charge in [-0.15, -0.1) is 0 Å². The molecule has 14 atom stereocenters. The van der Waals surface area contributed by atoms with Gasteiger partial charge in [0.25, 0.3) is 0 Å².